The van der Waals surface area contributed by atoms with Crippen LogP contribution in [0.3, 0.4) is 0 Å². The van der Waals surface area contributed by atoms with Gasteiger partial charge in [0.2, 0.25) is 0 Å². The van der Waals surface area contributed by atoms with Crippen LogP contribution >= 0.6 is 11.6 Å². The molecule has 0 radical (unpaired) electrons. The number of hydrogen-bond acceptors (Lipinski definition) is 3. The molecular formula is C25H22ClF3N2O2. The number of rotatable bonds is 5. The van der Waals surface area contributed by atoms with E-state index in [1.165, 1.54) is 16.7 Å². The molecule has 0 aromatic heterocycles. The first kappa shape index (κ1) is 24.3. The van der Waals surface area contributed by atoms with Crippen LogP contribution in [-0.4, -0.2) is 23.1 Å². The molecule has 0 saturated heterocycles. The molecular weight excluding hydrogens is 453 g/mol. The fraction of sp³-hybridized carbons (Fsp3) is 0.200. The van der Waals surface area contributed by atoms with Gasteiger partial charge in [0.05, 0.1) is 11.9 Å². The van der Waals surface area contributed by atoms with Gasteiger partial charge in [-0.25, -0.2) is 4.79 Å². The smallest absolute Gasteiger partial charge is 0.475 e. The molecule has 1 aliphatic heterocycles. The van der Waals surface area contributed by atoms with Gasteiger partial charge in [0.1, 0.15) is 6.04 Å². The standard InChI is InChI=1S/C23H21ClN2.C2HF3O2/c24-20-14-11-17(12-15-20)13-16-21-25-22(18-7-3-1-4-8-18)23(26-21)19-9-5-2-6-10-19;3-2(4,5)1(6)7/h1-12,14-15,22-23H,13,16H2,(H,25,26);(H,6,7)/t22-,23+;. The third-order valence-corrected chi connectivity index (χ3v) is 5.29. The van der Waals surface area contributed by atoms with E-state index in [0.29, 0.717) is 0 Å². The number of aliphatic imine (C=N–C) groups is 1. The zero-order valence-corrected chi connectivity index (χ0v) is 18.2. The van der Waals surface area contributed by atoms with Crippen LogP contribution < -0.4 is 5.32 Å². The van der Waals surface area contributed by atoms with Crippen LogP contribution in [0.25, 0.3) is 0 Å². The third kappa shape index (κ3) is 7.08. The Kier molecular flexibility index (Phi) is 8.11. The molecule has 33 heavy (non-hydrogen) atoms. The van der Waals surface area contributed by atoms with Crippen LogP contribution in [0.15, 0.2) is 89.9 Å². The molecule has 0 aliphatic carbocycles. The van der Waals surface area contributed by atoms with Crippen molar-refractivity contribution in [3.05, 3.63) is 107 Å². The number of halogens is 4. The maximum Gasteiger partial charge on any atom is 0.490 e. The van der Waals surface area contributed by atoms with E-state index in [4.69, 9.17) is 26.5 Å². The summed E-state index contributed by atoms with van der Waals surface area (Å²) in [4.78, 5) is 13.9. The maximum atomic E-state index is 10.6. The Hall–Kier alpha value is -3.32. The summed E-state index contributed by atoms with van der Waals surface area (Å²) in [7, 11) is 0. The number of aryl methyl sites for hydroxylation is 1. The minimum atomic E-state index is -5.08. The van der Waals surface area contributed by atoms with Crippen LogP contribution in [0, 0.1) is 0 Å². The molecule has 4 nitrogen and oxygen atoms in total. The summed E-state index contributed by atoms with van der Waals surface area (Å²) in [5.41, 5.74) is 3.79. The van der Waals surface area contributed by atoms with E-state index in [-0.39, 0.29) is 12.1 Å². The molecule has 1 aliphatic rings. The highest BCUT2D eigenvalue weighted by molar-refractivity contribution is 6.30. The Morgan fingerprint density at radius 1 is 0.879 bits per heavy atom. The van der Waals surface area contributed by atoms with Crippen molar-refractivity contribution >= 4 is 23.4 Å². The van der Waals surface area contributed by atoms with Gasteiger partial charge >= 0.3 is 12.1 Å². The van der Waals surface area contributed by atoms with E-state index >= 15 is 0 Å². The van der Waals surface area contributed by atoms with Gasteiger partial charge in [0, 0.05) is 11.4 Å². The molecule has 0 unspecified atom stereocenters. The predicted molar refractivity (Wildman–Crippen MR) is 122 cm³/mol. The average molecular weight is 475 g/mol. The van der Waals surface area contributed by atoms with Gasteiger partial charge < -0.3 is 10.4 Å². The quantitative estimate of drug-likeness (QED) is 0.450. The van der Waals surface area contributed by atoms with Gasteiger partial charge in [0.15, 0.2) is 0 Å². The lowest BCUT2D eigenvalue weighted by molar-refractivity contribution is -0.192. The summed E-state index contributed by atoms with van der Waals surface area (Å²) in [6, 6.07) is 29.5. The molecule has 2 N–H and O–H groups in total. The van der Waals surface area contributed by atoms with Gasteiger partial charge in [0.25, 0.3) is 0 Å². The third-order valence-electron chi connectivity index (χ3n) is 5.04. The molecule has 8 heteroatoms. The van der Waals surface area contributed by atoms with E-state index in [9.17, 15) is 13.2 Å². The highest BCUT2D eigenvalue weighted by Gasteiger charge is 2.38. The number of hydrogen-bond donors (Lipinski definition) is 2. The van der Waals surface area contributed by atoms with Crippen molar-refractivity contribution in [2.45, 2.75) is 31.1 Å². The van der Waals surface area contributed by atoms with Gasteiger partial charge in [-0.2, -0.15) is 13.2 Å². The van der Waals surface area contributed by atoms with Crippen molar-refractivity contribution in [1.82, 2.24) is 5.32 Å². The Morgan fingerprint density at radius 2 is 1.39 bits per heavy atom. The van der Waals surface area contributed by atoms with Crippen LogP contribution in [0.5, 0.6) is 0 Å². The summed E-state index contributed by atoms with van der Waals surface area (Å²) in [6.07, 6.45) is -3.24. The van der Waals surface area contributed by atoms with Crippen LogP contribution in [-0.2, 0) is 11.2 Å². The van der Waals surface area contributed by atoms with Crippen molar-refractivity contribution in [2.75, 3.05) is 0 Å². The molecule has 0 spiro atoms. The number of nitrogens with one attached hydrogen (secondary N) is 1. The minimum Gasteiger partial charge on any atom is -0.475 e. The van der Waals surface area contributed by atoms with Crippen LogP contribution in [0.2, 0.25) is 5.02 Å². The lowest BCUT2D eigenvalue weighted by Gasteiger charge is -2.19. The normalized spacial score (nSPS) is 17.4. The van der Waals surface area contributed by atoms with Crippen LogP contribution in [0.4, 0.5) is 13.2 Å². The molecule has 1 heterocycles. The number of aliphatic carboxylic acids is 1. The van der Waals surface area contributed by atoms with E-state index in [1.54, 1.807) is 0 Å². The first-order chi connectivity index (χ1) is 15.7. The zero-order chi connectivity index (χ0) is 23.8. The summed E-state index contributed by atoms with van der Waals surface area (Å²) in [5, 5.41) is 11.6. The Labute approximate surface area is 194 Å². The number of alkyl halides is 3. The molecule has 0 bridgehead atoms. The van der Waals surface area contributed by atoms with E-state index in [2.05, 4.69) is 78.1 Å². The summed E-state index contributed by atoms with van der Waals surface area (Å²) >= 11 is 5.98. The van der Waals surface area contributed by atoms with E-state index < -0.39 is 12.1 Å². The molecule has 3 aromatic rings. The molecule has 2 atom stereocenters. The van der Waals surface area contributed by atoms with E-state index in [0.717, 1.165) is 23.7 Å². The van der Waals surface area contributed by atoms with Crippen molar-refractivity contribution in [3.63, 3.8) is 0 Å². The first-order valence-electron chi connectivity index (χ1n) is 10.2. The number of nitrogens with zero attached hydrogens (tertiary/aromatic N) is 1. The highest BCUT2D eigenvalue weighted by Crippen LogP contribution is 2.36. The summed E-state index contributed by atoms with van der Waals surface area (Å²) < 4.78 is 31.7. The zero-order valence-electron chi connectivity index (χ0n) is 17.5. The van der Waals surface area contributed by atoms with Crippen molar-refractivity contribution in [1.29, 1.82) is 0 Å². The topological polar surface area (TPSA) is 61.7 Å². The van der Waals surface area contributed by atoms with E-state index in [1.807, 2.05) is 12.1 Å². The van der Waals surface area contributed by atoms with Gasteiger partial charge in [-0.05, 0) is 35.2 Å². The Balaban J connectivity index is 0.000000383. The second kappa shape index (κ2) is 11.0. The molecule has 172 valence electrons. The maximum absolute atomic E-state index is 10.6. The molecule has 0 saturated carbocycles. The second-order valence-corrected chi connectivity index (χ2v) is 7.83. The van der Waals surface area contributed by atoms with Gasteiger partial charge in [-0.3, -0.25) is 4.99 Å². The molecule has 3 aromatic carbocycles. The largest absolute Gasteiger partial charge is 0.490 e. The fourth-order valence-corrected chi connectivity index (χ4v) is 3.56. The number of carboxylic acids is 1. The monoisotopic (exact) mass is 474 g/mol. The van der Waals surface area contributed by atoms with Crippen molar-refractivity contribution < 1.29 is 23.1 Å². The lowest BCUT2D eigenvalue weighted by atomic mass is 9.95. The van der Waals surface area contributed by atoms with Gasteiger partial charge in [-0.15, -0.1) is 0 Å². The molecule has 0 amide bonds. The molecule has 4 rings (SSSR count). The lowest BCUT2D eigenvalue weighted by Crippen LogP contribution is -2.24. The fourth-order valence-electron chi connectivity index (χ4n) is 3.43. The van der Waals surface area contributed by atoms with Crippen molar-refractivity contribution in [2.24, 2.45) is 4.99 Å². The highest BCUT2D eigenvalue weighted by atomic mass is 35.5. The molecule has 0 fully saturated rings. The van der Waals surface area contributed by atoms with Crippen molar-refractivity contribution in [3.8, 4) is 0 Å². The minimum absolute atomic E-state index is 0.110. The SMILES string of the molecule is Clc1ccc(CCC2=N[C@H](c3ccccc3)[C@H](c3ccccc3)N2)cc1.O=C(O)C(F)(F)F. The first-order valence-corrected chi connectivity index (χ1v) is 10.6. The Morgan fingerprint density at radius 3 is 1.91 bits per heavy atom. The number of carbonyl (C=O) groups is 1. The number of benzene rings is 3. The summed E-state index contributed by atoms with van der Waals surface area (Å²) in [5.74, 6) is -1.69. The summed E-state index contributed by atoms with van der Waals surface area (Å²) in [6.45, 7) is 0. The van der Waals surface area contributed by atoms with Crippen LogP contribution in [0.1, 0.15) is 35.2 Å². The Bertz CT molecular complexity index is 1070. The number of amidine groups is 1. The average Bonchev–Trinajstić information content (AvgIpc) is 3.24. The van der Waals surface area contributed by atoms with Gasteiger partial charge in [-0.1, -0.05) is 84.4 Å². The predicted octanol–water partition coefficient (Wildman–Crippen LogP) is 6.39. The second-order valence-electron chi connectivity index (χ2n) is 7.39. The number of carboxylic acid groups (broad SMARTS) is 1.